The van der Waals surface area contributed by atoms with Crippen LogP contribution >= 0.6 is 0 Å². The van der Waals surface area contributed by atoms with Crippen LogP contribution in [0.1, 0.15) is 11.1 Å². The number of nitrogens with zero attached hydrogens (tertiary/aromatic N) is 1. The Hall–Kier alpha value is -4.07. The molecule has 5 nitrogen and oxygen atoms in total. The third-order valence-electron chi connectivity index (χ3n) is 5.08. The van der Waals surface area contributed by atoms with Crippen LogP contribution in [0, 0.1) is 0 Å². The van der Waals surface area contributed by atoms with E-state index in [9.17, 15) is 27.9 Å². The molecule has 3 aromatic carbocycles. The number of carboxylic acid groups (broad SMARTS) is 1. The summed E-state index contributed by atoms with van der Waals surface area (Å²) in [6, 6.07) is 19.9. The van der Waals surface area contributed by atoms with Crippen molar-refractivity contribution < 1.29 is 23.1 Å². The third-order valence-corrected chi connectivity index (χ3v) is 5.08. The normalized spacial score (nSPS) is 11.5. The number of pyridine rings is 1. The molecule has 0 atom stereocenters. The molecule has 0 fully saturated rings. The van der Waals surface area contributed by atoms with Crippen molar-refractivity contribution in [3.8, 4) is 11.3 Å². The summed E-state index contributed by atoms with van der Waals surface area (Å²) in [5.74, 6) is 0. The first-order valence-corrected chi connectivity index (χ1v) is 9.62. The summed E-state index contributed by atoms with van der Waals surface area (Å²) in [4.78, 5) is 28.2. The van der Waals surface area contributed by atoms with Crippen molar-refractivity contribution in [3.05, 3.63) is 100 Å². The van der Waals surface area contributed by atoms with Crippen molar-refractivity contribution in [1.82, 2.24) is 4.98 Å². The van der Waals surface area contributed by atoms with Gasteiger partial charge in [0.1, 0.15) is 0 Å². The zero-order valence-electron chi connectivity index (χ0n) is 16.6. The van der Waals surface area contributed by atoms with Crippen molar-refractivity contribution in [2.45, 2.75) is 12.7 Å². The van der Waals surface area contributed by atoms with Gasteiger partial charge >= 0.3 is 12.3 Å². The molecular formula is C24H17F3N2O3. The van der Waals surface area contributed by atoms with Gasteiger partial charge in [0.25, 0.3) is 5.56 Å². The Labute approximate surface area is 180 Å². The molecule has 0 radical (unpaired) electrons. The summed E-state index contributed by atoms with van der Waals surface area (Å²) in [6.45, 7) is 0.0800. The summed E-state index contributed by atoms with van der Waals surface area (Å²) in [7, 11) is 0. The van der Waals surface area contributed by atoms with E-state index < -0.39 is 23.4 Å². The molecule has 162 valence electrons. The molecule has 8 heteroatoms. The van der Waals surface area contributed by atoms with Crippen LogP contribution in [-0.4, -0.2) is 16.2 Å². The number of aromatic nitrogens is 1. The van der Waals surface area contributed by atoms with E-state index in [1.165, 1.54) is 42.5 Å². The van der Waals surface area contributed by atoms with Crippen LogP contribution in [0.5, 0.6) is 0 Å². The number of hydrogen-bond donors (Lipinski definition) is 2. The molecule has 0 unspecified atom stereocenters. The molecule has 4 aromatic rings. The van der Waals surface area contributed by atoms with Gasteiger partial charge in [-0.25, -0.2) is 4.79 Å². The zero-order chi connectivity index (χ0) is 22.9. The summed E-state index contributed by atoms with van der Waals surface area (Å²) < 4.78 is 40.2. The lowest BCUT2D eigenvalue weighted by molar-refractivity contribution is -0.137. The maximum Gasteiger partial charge on any atom is 0.417 e. The molecule has 0 saturated carbocycles. The lowest BCUT2D eigenvalue weighted by atomic mass is 10.0. The van der Waals surface area contributed by atoms with Crippen LogP contribution in [-0.2, 0) is 12.7 Å². The summed E-state index contributed by atoms with van der Waals surface area (Å²) >= 11 is 0. The highest BCUT2D eigenvalue weighted by Gasteiger charge is 2.33. The highest BCUT2D eigenvalue weighted by Crippen LogP contribution is 2.36. The number of carbonyl (C=O) groups is 1. The molecule has 32 heavy (non-hydrogen) atoms. The van der Waals surface area contributed by atoms with Gasteiger partial charge in [-0.05, 0) is 35.2 Å². The summed E-state index contributed by atoms with van der Waals surface area (Å²) in [5, 5.41) is 10.2. The molecular weight excluding hydrogens is 421 g/mol. The molecule has 0 saturated heterocycles. The molecule has 1 heterocycles. The van der Waals surface area contributed by atoms with Gasteiger partial charge in [-0.1, -0.05) is 54.6 Å². The van der Waals surface area contributed by atoms with Gasteiger partial charge in [0.2, 0.25) is 0 Å². The number of nitrogens with one attached hydrogen (secondary N) is 1. The minimum Gasteiger partial charge on any atom is -0.465 e. The number of alkyl halides is 3. The van der Waals surface area contributed by atoms with Gasteiger partial charge in [0.15, 0.2) is 0 Å². The number of anilines is 1. The number of hydrogen-bond acceptors (Lipinski definition) is 2. The molecule has 1 amide bonds. The van der Waals surface area contributed by atoms with E-state index in [0.717, 1.165) is 16.5 Å². The van der Waals surface area contributed by atoms with E-state index in [-0.39, 0.29) is 28.9 Å². The van der Waals surface area contributed by atoms with Crippen molar-refractivity contribution in [2.24, 2.45) is 0 Å². The van der Waals surface area contributed by atoms with Crippen molar-refractivity contribution >= 4 is 22.6 Å². The lowest BCUT2D eigenvalue weighted by Crippen LogP contribution is -2.28. The number of amides is 1. The molecule has 1 aromatic heterocycles. The average Bonchev–Trinajstić information content (AvgIpc) is 2.77. The molecule has 0 aliphatic heterocycles. The molecule has 0 aliphatic rings. The van der Waals surface area contributed by atoms with Crippen LogP contribution in [0.4, 0.5) is 23.7 Å². The van der Waals surface area contributed by atoms with E-state index in [0.29, 0.717) is 5.39 Å². The molecule has 0 spiro atoms. The maximum atomic E-state index is 13.4. The van der Waals surface area contributed by atoms with Gasteiger partial charge in [-0.3, -0.25) is 9.69 Å². The van der Waals surface area contributed by atoms with E-state index in [1.807, 2.05) is 6.07 Å². The van der Waals surface area contributed by atoms with E-state index in [4.69, 9.17) is 0 Å². The largest absolute Gasteiger partial charge is 0.465 e. The van der Waals surface area contributed by atoms with Gasteiger partial charge in [0, 0.05) is 22.3 Å². The highest BCUT2D eigenvalue weighted by molar-refractivity contribution is 5.93. The number of H-pyrrole nitrogens is 1. The van der Waals surface area contributed by atoms with Crippen LogP contribution in [0.3, 0.4) is 0 Å². The Morgan fingerprint density at radius 2 is 1.62 bits per heavy atom. The van der Waals surface area contributed by atoms with Gasteiger partial charge in [0.05, 0.1) is 12.1 Å². The predicted molar refractivity (Wildman–Crippen MR) is 116 cm³/mol. The minimum atomic E-state index is -4.58. The standard InChI is InChI=1S/C24H17F3N2O3/c25-24(26,27)20-9-5-4-8-18(20)21-12-16-10-11-17(13-19(16)22(30)28-21)29(23(31)32)14-15-6-2-1-3-7-15/h1-13H,14H2,(H,28,30)(H,31,32). The summed E-state index contributed by atoms with van der Waals surface area (Å²) in [6.07, 6.45) is -5.77. The van der Waals surface area contributed by atoms with Crippen molar-refractivity contribution in [2.75, 3.05) is 4.90 Å². The average molecular weight is 438 g/mol. The first-order valence-electron chi connectivity index (χ1n) is 9.62. The van der Waals surface area contributed by atoms with Crippen LogP contribution in [0.15, 0.2) is 83.7 Å². The molecule has 4 rings (SSSR count). The fourth-order valence-corrected chi connectivity index (χ4v) is 3.56. The first-order chi connectivity index (χ1) is 15.2. The minimum absolute atomic E-state index is 0.0301. The second-order valence-electron chi connectivity index (χ2n) is 7.18. The van der Waals surface area contributed by atoms with Crippen molar-refractivity contribution in [3.63, 3.8) is 0 Å². The Balaban J connectivity index is 1.78. The van der Waals surface area contributed by atoms with Gasteiger partial charge in [-0.2, -0.15) is 13.2 Å². The van der Waals surface area contributed by atoms with E-state index >= 15 is 0 Å². The van der Waals surface area contributed by atoms with Gasteiger partial charge in [-0.15, -0.1) is 0 Å². The number of aromatic amines is 1. The van der Waals surface area contributed by atoms with Crippen LogP contribution in [0.25, 0.3) is 22.0 Å². The highest BCUT2D eigenvalue weighted by atomic mass is 19.4. The monoisotopic (exact) mass is 438 g/mol. The Bertz CT molecular complexity index is 1350. The number of rotatable bonds is 4. The molecule has 0 bridgehead atoms. The second-order valence-corrected chi connectivity index (χ2v) is 7.18. The summed E-state index contributed by atoms with van der Waals surface area (Å²) in [5.41, 5.74) is -0.527. The number of halogens is 3. The molecule has 2 N–H and O–H groups in total. The zero-order valence-corrected chi connectivity index (χ0v) is 16.6. The van der Waals surface area contributed by atoms with E-state index in [1.54, 1.807) is 24.3 Å². The third kappa shape index (κ3) is 4.20. The number of fused-ring (bicyclic) bond motifs is 1. The lowest BCUT2D eigenvalue weighted by Gasteiger charge is -2.20. The fraction of sp³-hybridized carbons (Fsp3) is 0.0833. The number of benzene rings is 3. The van der Waals surface area contributed by atoms with E-state index in [2.05, 4.69) is 4.98 Å². The van der Waals surface area contributed by atoms with Gasteiger partial charge < -0.3 is 10.1 Å². The topological polar surface area (TPSA) is 73.4 Å². The fourth-order valence-electron chi connectivity index (χ4n) is 3.56. The molecule has 0 aliphatic carbocycles. The first kappa shape index (κ1) is 21.2. The predicted octanol–water partition coefficient (Wildman–Crippen LogP) is 5.90. The van der Waals surface area contributed by atoms with Crippen molar-refractivity contribution in [1.29, 1.82) is 0 Å². The Kier molecular flexibility index (Phi) is 5.44. The Morgan fingerprint density at radius 3 is 2.31 bits per heavy atom. The van der Waals surface area contributed by atoms with Crippen LogP contribution < -0.4 is 10.5 Å². The maximum absolute atomic E-state index is 13.4. The quantitative estimate of drug-likeness (QED) is 0.417. The SMILES string of the molecule is O=C(O)N(Cc1ccccc1)c1ccc2cc(-c3ccccc3C(F)(F)F)[nH]c(=O)c2c1. The smallest absolute Gasteiger partial charge is 0.417 e. The second kappa shape index (κ2) is 8.22. The van der Waals surface area contributed by atoms with Crippen LogP contribution in [0.2, 0.25) is 0 Å². The Morgan fingerprint density at radius 1 is 0.938 bits per heavy atom.